The molecule has 1 aliphatic rings. The number of rotatable bonds is 3. The van der Waals surface area contributed by atoms with Gasteiger partial charge in [0, 0.05) is 6.54 Å². The summed E-state index contributed by atoms with van der Waals surface area (Å²) in [4.78, 5) is 13.3. The van der Waals surface area contributed by atoms with Crippen molar-refractivity contribution < 1.29 is 14.3 Å². The molecule has 1 fully saturated rings. The lowest BCUT2D eigenvalue weighted by molar-refractivity contribution is -0.129. The number of carbonyl (C=O) groups is 1. The number of thioether (sulfide) groups is 1. The van der Waals surface area contributed by atoms with Crippen molar-refractivity contribution in [2.45, 2.75) is 18.4 Å². The van der Waals surface area contributed by atoms with Crippen molar-refractivity contribution in [2.75, 3.05) is 12.3 Å². The molecule has 1 N–H and O–H groups in total. The molecule has 2 unspecified atom stereocenters. The van der Waals surface area contributed by atoms with Gasteiger partial charge in [0.15, 0.2) is 0 Å². The van der Waals surface area contributed by atoms with Crippen LogP contribution < -0.4 is 0 Å². The number of nitrogens with zero attached hydrogens (tertiary/aromatic N) is 1. The summed E-state index contributed by atoms with van der Waals surface area (Å²) in [5.41, 5.74) is 0.892. The molecule has 2 rings (SSSR count). The first kappa shape index (κ1) is 12.4. The van der Waals surface area contributed by atoms with E-state index in [1.807, 2.05) is 0 Å². The van der Waals surface area contributed by atoms with Crippen molar-refractivity contribution in [2.24, 2.45) is 0 Å². The van der Waals surface area contributed by atoms with Crippen LogP contribution >= 0.6 is 11.8 Å². The van der Waals surface area contributed by atoms with E-state index in [0.29, 0.717) is 12.3 Å². The number of aliphatic hydroxyl groups is 1. The monoisotopic (exact) mass is 255 g/mol. The smallest absolute Gasteiger partial charge is 0.233 e. The van der Waals surface area contributed by atoms with Crippen LogP contribution in [0.5, 0.6) is 0 Å². The normalized spacial score (nSPS) is 21.9. The third-order valence-corrected chi connectivity index (χ3v) is 3.84. The van der Waals surface area contributed by atoms with Gasteiger partial charge in [-0.25, -0.2) is 4.39 Å². The topological polar surface area (TPSA) is 40.5 Å². The molecule has 1 heterocycles. The van der Waals surface area contributed by atoms with Gasteiger partial charge in [0.1, 0.15) is 11.2 Å². The van der Waals surface area contributed by atoms with E-state index in [-0.39, 0.29) is 17.1 Å². The summed E-state index contributed by atoms with van der Waals surface area (Å²) in [6.45, 7) is 1.96. The SMILES string of the molecule is CC(O)CN1C(=O)CSC1c1ccc(F)cc1. The van der Waals surface area contributed by atoms with E-state index >= 15 is 0 Å². The van der Waals surface area contributed by atoms with E-state index in [1.165, 1.54) is 23.9 Å². The first-order valence-corrected chi connectivity index (χ1v) is 6.47. The van der Waals surface area contributed by atoms with Crippen molar-refractivity contribution in [3.05, 3.63) is 35.6 Å². The molecule has 0 aromatic heterocycles. The maximum atomic E-state index is 12.8. The van der Waals surface area contributed by atoms with Crippen LogP contribution in [-0.2, 0) is 4.79 Å². The summed E-state index contributed by atoms with van der Waals surface area (Å²) in [6, 6.07) is 6.14. The van der Waals surface area contributed by atoms with Crippen molar-refractivity contribution in [3.8, 4) is 0 Å². The van der Waals surface area contributed by atoms with Crippen molar-refractivity contribution >= 4 is 17.7 Å². The third-order valence-electron chi connectivity index (χ3n) is 2.58. The van der Waals surface area contributed by atoms with E-state index in [9.17, 15) is 14.3 Å². The number of halogens is 1. The predicted octanol–water partition coefficient (Wildman–Crippen LogP) is 1.78. The summed E-state index contributed by atoms with van der Waals surface area (Å²) >= 11 is 1.50. The fourth-order valence-electron chi connectivity index (χ4n) is 1.84. The Balaban J connectivity index is 2.19. The minimum atomic E-state index is -0.555. The Hall–Kier alpha value is -1.07. The molecule has 1 aromatic carbocycles. The van der Waals surface area contributed by atoms with Gasteiger partial charge in [-0.05, 0) is 24.6 Å². The van der Waals surface area contributed by atoms with Gasteiger partial charge in [-0.1, -0.05) is 12.1 Å². The molecule has 17 heavy (non-hydrogen) atoms. The van der Waals surface area contributed by atoms with E-state index in [4.69, 9.17) is 0 Å². The average Bonchev–Trinajstić information content (AvgIpc) is 2.61. The van der Waals surface area contributed by atoms with Crippen LogP contribution in [0.4, 0.5) is 4.39 Å². The molecular weight excluding hydrogens is 241 g/mol. The molecule has 0 saturated carbocycles. The number of carbonyl (C=O) groups excluding carboxylic acids is 1. The van der Waals surface area contributed by atoms with E-state index in [1.54, 1.807) is 24.0 Å². The van der Waals surface area contributed by atoms with Crippen LogP contribution in [0, 0.1) is 5.82 Å². The van der Waals surface area contributed by atoms with Crippen LogP contribution in [0.15, 0.2) is 24.3 Å². The van der Waals surface area contributed by atoms with Gasteiger partial charge in [-0.2, -0.15) is 0 Å². The van der Waals surface area contributed by atoms with Crippen molar-refractivity contribution in [1.82, 2.24) is 4.90 Å². The Kier molecular flexibility index (Phi) is 3.69. The van der Waals surface area contributed by atoms with Crippen LogP contribution in [0.1, 0.15) is 17.9 Å². The van der Waals surface area contributed by atoms with Gasteiger partial charge in [0.05, 0.1) is 11.9 Å². The van der Waals surface area contributed by atoms with Crippen LogP contribution in [0.2, 0.25) is 0 Å². The molecule has 92 valence electrons. The third kappa shape index (κ3) is 2.79. The molecule has 1 amide bonds. The first-order valence-electron chi connectivity index (χ1n) is 5.42. The zero-order valence-electron chi connectivity index (χ0n) is 9.47. The molecule has 1 aliphatic heterocycles. The molecule has 0 aliphatic carbocycles. The van der Waals surface area contributed by atoms with Crippen molar-refractivity contribution in [1.29, 1.82) is 0 Å². The minimum absolute atomic E-state index is 0.0187. The second-order valence-corrected chi connectivity index (χ2v) is 5.18. The quantitative estimate of drug-likeness (QED) is 0.895. The second-order valence-electron chi connectivity index (χ2n) is 4.11. The summed E-state index contributed by atoms with van der Waals surface area (Å²) in [5.74, 6) is 0.143. The zero-order valence-corrected chi connectivity index (χ0v) is 10.3. The molecule has 1 aromatic rings. The Labute approximate surface area is 104 Å². The van der Waals surface area contributed by atoms with E-state index in [2.05, 4.69) is 0 Å². The van der Waals surface area contributed by atoms with E-state index < -0.39 is 6.10 Å². The first-order chi connectivity index (χ1) is 8.08. The highest BCUT2D eigenvalue weighted by molar-refractivity contribution is 8.00. The van der Waals surface area contributed by atoms with Gasteiger partial charge in [0.2, 0.25) is 5.91 Å². The van der Waals surface area contributed by atoms with Crippen LogP contribution in [0.3, 0.4) is 0 Å². The Bertz CT molecular complexity index is 407. The highest BCUT2D eigenvalue weighted by Gasteiger charge is 2.33. The number of benzene rings is 1. The minimum Gasteiger partial charge on any atom is -0.392 e. The van der Waals surface area contributed by atoms with Gasteiger partial charge in [-0.15, -0.1) is 11.8 Å². The largest absolute Gasteiger partial charge is 0.392 e. The van der Waals surface area contributed by atoms with E-state index in [0.717, 1.165) is 5.56 Å². The summed E-state index contributed by atoms with van der Waals surface area (Å²) in [7, 11) is 0. The molecule has 1 saturated heterocycles. The summed E-state index contributed by atoms with van der Waals surface area (Å²) < 4.78 is 12.8. The van der Waals surface area contributed by atoms with Gasteiger partial charge >= 0.3 is 0 Å². The Morgan fingerprint density at radius 1 is 1.53 bits per heavy atom. The summed E-state index contributed by atoms with van der Waals surface area (Å²) in [6.07, 6.45) is -0.555. The van der Waals surface area contributed by atoms with Crippen molar-refractivity contribution in [3.63, 3.8) is 0 Å². The maximum Gasteiger partial charge on any atom is 0.233 e. The summed E-state index contributed by atoms with van der Waals surface area (Å²) in [5, 5.41) is 9.26. The standard InChI is InChI=1S/C12H14FNO2S/c1-8(15)6-14-11(16)7-17-12(14)9-2-4-10(13)5-3-9/h2-5,8,12,15H,6-7H2,1H3. The molecule has 0 bridgehead atoms. The van der Waals surface area contributed by atoms with Crippen LogP contribution in [0.25, 0.3) is 0 Å². The average molecular weight is 255 g/mol. The number of β-amino-alcohol motifs (C(OH)–C–C–N with tert-alkyl or cyclic N) is 1. The lowest BCUT2D eigenvalue weighted by Gasteiger charge is -2.25. The molecular formula is C12H14FNO2S. The molecule has 0 radical (unpaired) electrons. The fourth-order valence-corrected chi connectivity index (χ4v) is 3.04. The van der Waals surface area contributed by atoms with Gasteiger partial charge < -0.3 is 10.0 Å². The molecule has 0 spiro atoms. The second kappa shape index (κ2) is 5.06. The molecule has 3 nitrogen and oxygen atoms in total. The van der Waals surface area contributed by atoms with Gasteiger partial charge in [-0.3, -0.25) is 4.79 Å². The predicted molar refractivity (Wildman–Crippen MR) is 65.0 cm³/mol. The fraction of sp³-hybridized carbons (Fsp3) is 0.417. The number of hydrogen-bond donors (Lipinski definition) is 1. The van der Waals surface area contributed by atoms with Crippen LogP contribution in [-0.4, -0.2) is 34.3 Å². The van der Waals surface area contributed by atoms with Gasteiger partial charge in [0.25, 0.3) is 0 Å². The number of hydrogen-bond acceptors (Lipinski definition) is 3. The number of aliphatic hydroxyl groups excluding tert-OH is 1. The molecule has 5 heteroatoms. The highest BCUT2D eigenvalue weighted by atomic mass is 32.2. The zero-order chi connectivity index (χ0) is 12.4. The lowest BCUT2D eigenvalue weighted by atomic mass is 10.2. The molecule has 2 atom stereocenters. The Morgan fingerprint density at radius 2 is 2.18 bits per heavy atom. The maximum absolute atomic E-state index is 12.8. The number of amides is 1. The Morgan fingerprint density at radius 3 is 2.76 bits per heavy atom. The lowest BCUT2D eigenvalue weighted by Crippen LogP contribution is -2.34. The highest BCUT2D eigenvalue weighted by Crippen LogP contribution is 2.38.